The molecule has 1 saturated heterocycles. The van der Waals surface area contributed by atoms with Crippen molar-refractivity contribution in [2.45, 2.75) is 38.6 Å². The molecule has 0 aromatic heterocycles. The van der Waals surface area contributed by atoms with Gasteiger partial charge in [0.15, 0.2) is 5.78 Å². The molecule has 1 aliphatic rings. The Kier molecular flexibility index (Phi) is 6.59. The van der Waals surface area contributed by atoms with Crippen molar-refractivity contribution < 1.29 is 14.3 Å². The van der Waals surface area contributed by atoms with E-state index < -0.39 is 0 Å². The standard InChI is InChI=1S/C18H26N2O3/c1-13-10-11-19-12-16(13)20-18(22)5-3-4-17(21)14-6-8-15(23-2)9-7-14/h6-9,13,16,19H,3-5,10-12H2,1-2H3,(H,20,22). The maximum Gasteiger partial charge on any atom is 0.220 e. The molecule has 0 radical (unpaired) electrons. The summed E-state index contributed by atoms with van der Waals surface area (Å²) in [6, 6.07) is 7.27. The van der Waals surface area contributed by atoms with Crippen LogP contribution >= 0.6 is 0 Å². The molecule has 23 heavy (non-hydrogen) atoms. The summed E-state index contributed by atoms with van der Waals surface area (Å²) in [6.07, 6.45) is 2.44. The molecule has 1 heterocycles. The summed E-state index contributed by atoms with van der Waals surface area (Å²) in [6.45, 7) is 4.01. The fraction of sp³-hybridized carbons (Fsp3) is 0.556. The topological polar surface area (TPSA) is 67.4 Å². The molecule has 1 aliphatic heterocycles. The maximum absolute atomic E-state index is 12.1. The lowest BCUT2D eigenvalue weighted by atomic mass is 9.94. The van der Waals surface area contributed by atoms with Gasteiger partial charge in [0.2, 0.25) is 5.91 Å². The number of rotatable bonds is 7. The summed E-state index contributed by atoms with van der Waals surface area (Å²) in [4.78, 5) is 24.1. The monoisotopic (exact) mass is 318 g/mol. The second kappa shape index (κ2) is 8.67. The van der Waals surface area contributed by atoms with E-state index in [4.69, 9.17) is 4.74 Å². The summed E-state index contributed by atoms with van der Waals surface area (Å²) in [5, 5.41) is 6.36. The molecular weight excluding hydrogens is 292 g/mol. The van der Waals surface area contributed by atoms with Gasteiger partial charge in [0, 0.05) is 31.0 Å². The van der Waals surface area contributed by atoms with E-state index in [1.165, 1.54) is 0 Å². The Hall–Kier alpha value is -1.88. The van der Waals surface area contributed by atoms with Crippen LogP contribution < -0.4 is 15.4 Å². The van der Waals surface area contributed by atoms with Gasteiger partial charge in [-0.25, -0.2) is 0 Å². The van der Waals surface area contributed by atoms with Crippen LogP contribution in [0.3, 0.4) is 0 Å². The summed E-state index contributed by atoms with van der Waals surface area (Å²) < 4.78 is 5.07. The smallest absolute Gasteiger partial charge is 0.220 e. The van der Waals surface area contributed by atoms with Crippen LogP contribution in [0, 0.1) is 5.92 Å². The number of methoxy groups -OCH3 is 1. The number of hydrogen-bond donors (Lipinski definition) is 2. The lowest BCUT2D eigenvalue weighted by Crippen LogP contribution is -2.50. The van der Waals surface area contributed by atoms with Gasteiger partial charge in [-0.15, -0.1) is 0 Å². The number of Topliss-reactive ketones (excluding diaryl/α,β-unsaturated/α-hetero) is 1. The van der Waals surface area contributed by atoms with Crippen LogP contribution in [-0.2, 0) is 4.79 Å². The summed E-state index contributed by atoms with van der Waals surface area (Å²) in [7, 11) is 1.60. The Balaban J connectivity index is 1.70. The zero-order valence-electron chi connectivity index (χ0n) is 13.9. The molecule has 5 heteroatoms. The molecule has 5 nitrogen and oxygen atoms in total. The van der Waals surface area contributed by atoms with Crippen LogP contribution in [0.4, 0.5) is 0 Å². The number of benzene rings is 1. The van der Waals surface area contributed by atoms with Gasteiger partial charge in [0.05, 0.1) is 7.11 Å². The Bertz CT molecular complexity index is 528. The van der Waals surface area contributed by atoms with Gasteiger partial charge in [0.1, 0.15) is 5.75 Å². The van der Waals surface area contributed by atoms with E-state index in [1.807, 2.05) is 0 Å². The Morgan fingerprint density at radius 1 is 1.26 bits per heavy atom. The third kappa shape index (κ3) is 5.36. The minimum atomic E-state index is 0.0353. The summed E-state index contributed by atoms with van der Waals surface area (Å²) in [5.41, 5.74) is 0.663. The first-order valence-corrected chi connectivity index (χ1v) is 8.27. The molecule has 0 saturated carbocycles. The highest BCUT2D eigenvalue weighted by Crippen LogP contribution is 2.14. The van der Waals surface area contributed by atoms with Gasteiger partial charge in [-0.3, -0.25) is 9.59 Å². The minimum Gasteiger partial charge on any atom is -0.497 e. The van der Waals surface area contributed by atoms with Crippen LogP contribution in [0.25, 0.3) is 0 Å². The van der Waals surface area contributed by atoms with Crippen molar-refractivity contribution in [3.63, 3.8) is 0 Å². The molecule has 1 aromatic carbocycles. The average molecular weight is 318 g/mol. The van der Waals surface area contributed by atoms with Crippen molar-refractivity contribution in [2.24, 2.45) is 5.92 Å². The highest BCUT2D eigenvalue weighted by Gasteiger charge is 2.22. The second-order valence-electron chi connectivity index (χ2n) is 6.15. The SMILES string of the molecule is COc1ccc(C(=O)CCCC(=O)NC2CNCCC2C)cc1. The number of amides is 1. The molecule has 126 valence electrons. The second-order valence-corrected chi connectivity index (χ2v) is 6.15. The summed E-state index contributed by atoms with van der Waals surface area (Å²) in [5.74, 6) is 1.33. The molecule has 0 aliphatic carbocycles. The third-order valence-electron chi connectivity index (χ3n) is 4.39. The van der Waals surface area contributed by atoms with Crippen LogP contribution in [0.15, 0.2) is 24.3 Å². The molecule has 1 fully saturated rings. The zero-order chi connectivity index (χ0) is 16.7. The number of ether oxygens (including phenoxy) is 1. The Morgan fingerprint density at radius 2 is 2.00 bits per heavy atom. The number of carbonyl (C=O) groups is 2. The highest BCUT2D eigenvalue weighted by molar-refractivity contribution is 5.96. The molecule has 2 rings (SSSR count). The molecule has 2 unspecified atom stereocenters. The number of carbonyl (C=O) groups excluding carboxylic acids is 2. The lowest BCUT2D eigenvalue weighted by molar-refractivity contribution is -0.122. The first kappa shape index (κ1) is 17.5. The fourth-order valence-corrected chi connectivity index (χ4v) is 2.79. The molecule has 1 amide bonds. The largest absolute Gasteiger partial charge is 0.497 e. The van der Waals surface area contributed by atoms with Gasteiger partial charge in [-0.05, 0) is 49.6 Å². The van der Waals surface area contributed by atoms with E-state index >= 15 is 0 Å². The van der Waals surface area contributed by atoms with Crippen molar-refractivity contribution in [3.05, 3.63) is 29.8 Å². The normalized spacial score (nSPS) is 20.8. The van der Waals surface area contributed by atoms with Gasteiger partial charge < -0.3 is 15.4 Å². The van der Waals surface area contributed by atoms with Crippen molar-refractivity contribution in [3.8, 4) is 5.75 Å². The predicted molar refractivity (Wildman–Crippen MR) is 89.8 cm³/mol. The first-order valence-electron chi connectivity index (χ1n) is 8.27. The van der Waals surface area contributed by atoms with E-state index in [2.05, 4.69) is 17.6 Å². The van der Waals surface area contributed by atoms with Gasteiger partial charge in [0.25, 0.3) is 0 Å². The maximum atomic E-state index is 12.1. The van der Waals surface area contributed by atoms with Crippen LogP contribution in [0.2, 0.25) is 0 Å². The number of hydrogen-bond acceptors (Lipinski definition) is 4. The van der Waals surface area contributed by atoms with Gasteiger partial charge in [-0.2, -0.15) is 0 Å². The van der Waals surface area contributed by atoms with Crippen molar-refractivity contribution in [1.82, 2.24) is 10.6 Å². The number of piperidine rings is 1. The predicted octanol–water partition coefficient (Wildman–Crippen LogP) is 2.16. The highest BCUT2D eigenvalue weighted by atomic mass is 16.5. The van der Waals surface area contributed by atoms with Crippen molar-refractivity contribution in [1.29, 1.82) is 0 Å². The minimum absolute atomic E-state index is 0.0353. The van der Waals surface area contributed by atoms with Crippen LogP contribution in [0.1, 0.15) is 43.0 Å². The van der Waals surface area contributed by atoms with Gasteiger partial charge in [-0.1, -0.05) is 6.92 Å². The Morgan fingerprint density at radius 3 is 2.65 bits per heavy atom. The number of ketones is 1. The molecule has 2 N–H and O–H groups in total. The van der Waals surface area contributed by atoms with Gasteiger partial charge >= 0.3 is 0 Å². The zero-order valence-corrected chi connectivity index (χ0v) is 13.9. The molecule has 2 atom stereocenters. The molecule has 0 bridgehead atoms. The molecule has 1 aromatic rings. The third-order valence-corrected chi connectivity index (χ3v) is 4.39. The van der Waals surface area contributed by atoms with E-state index in [-0.39, 0.29) is 17.7 Å². The van der Waals surface area contributed by atoms with E-state index in [1.54, 1.807) is 31.4 Å². The average Bonchev–Trinajstić information content (AvgIpc) is 2.57. The molecular formula is C18H26N2O3. The lowest BCUT2D eigenvalue weighted by Gasteiger charge is -2.30. The Labute approximate surface area is 137 Å². The number of nitrogens with one attached hydrogen (secondary N) is 2. The van der Waals surface area contributed by atoms with E-state index in [0.717, 1.165) is 25.3 Å². The first-order chi connectivity index (χ1) is 11.1. The van der Waals surface area contributed by atoms with E-state index in [9.17, 15) is 9.59 Å². The van der Waals surface area contributed by atoms with Crippen LogP contribution in [0.5, 0.6) is 5.75 Å². The fourth-order valence-electron chi connectivity index (χ4n) is 2.79. The summed E-state index contributed by atoms with van der Waals surface area (Å²) >= 11 is 0. The van der Waals surface area contributed by atoms with Crippen LogP contribution in [-0.4, -0.2) is 37.9 Å². The van der Waals surface area contributed by atoms with Crippen molar-refractivity contribution >= 4 is 11.7 Å². The molecule has 0 spiro atoms. The van der Waals surface area contributed by atoms with Crippen molar-refractivity contribution in [2.75, 3.05) is 20.2 Å². The van der Waals surface area contributed by atoms with E-state index in [0.29, 0.717) is 30.7 Å². The quantitative estimate of drug-likeness (QED) is 0.756.